The van der Waals surface area contributed by atoms with E-state index in [1.54, 1.807) is 0 Å². The largest absolute Gasteiger partial charge is 0.335 e. The van der Waals surface area contributed by atoms with Crippen molar-refractivity contribution in [3.63, 3.8) is 0 Å². The Morgan fingerprint density at radius 1 is 1.20 bits per heavy atom. The van der Waals surface area contributed by atoms with Gasteiger partial charge in [-0.15, -0.1) is 24.8 Å². The highest BCUT2D eigenvalue weighted by Gasteiger charge is 2.43. The molecule has 1 aromatic rings. The zero-order valence-corrected chi connectivity index (χ0v) is 17.4. The maximum atomic E-state index is 13.2. The van der Waals surface area contributed by atoms with Gasteiger partial charge in [0.1, 0.15) is 0 Å². The van der Waals surface area contributed by atoms with Crippen LogP contribution in [0.3, 0.4) is 0 Å². The summed E-state index contributed by atoms with van der Waals surface area (Å²) in [6.45, 7) is 7.06. The minimum atomic E-state index is -0.360. The quantitative estimate of drug-likeness (QED) is 0.840. The summed E-state index contributed by atoms with van der Waals surface area (Å²) in [5.74, 6) is 0.231. The van der Waals surface area contributed by atoms with Crippen molar-refractivity contribution >= 4 is 30.7 Å². The molecule has 2 heterocycles. The van der Waals surface area contributed by atoms with Crippen LogP contribution in [0.15, 0.2) is 0 Å². The zero-order valence-electron chi connectivity index (χ0n) is 15.7. The molecule has 0 spiro atoms. The predicted octanol–water partition coefficient (Wildman–Crippen LogP) is 3.45. The summed E-state index contributed by atoms with van der Waals surface area (Å²) < 4.78 is 1.93. The van der Waals surface area contributed by atoms with Crippen LogP contribution >= 0.6 is 24.8 Å². The predicted molar refractivity (Wildman–Crippen MR) is 105 cm³/mol. The Balaban J connectivity index is 0.00000156. The Hall–Kier alpha value is -0.780. The molecule has 3 rings (SSSR count). The molecule has 1 saturated heterocycles. The highest BCUT2D eigenvalue weighted by molar-refractivity contribution is 5.85. The third kappa shape index (κ3) is 3.99. The van der Waals surface area contributed by atoms with Crippen LogP contribution in [0.25, 0.3) is 0 Å². The average molecular weight is 391 g/mol. The van der Waals surface area contributed by atoms with E-state index < -0.39 is 0 Å². The third-order valence-corrected chi connectivity index (χ3v) is 5.99. The highest BCUT2D eigenvalue weighted by atomic mass is 35.5. The molecular weight excluding hydrogens is 359 g/mol. The fourth-order valence-corrected chi connectivity index (χ4v) is 4.57. The second-order valence-electron chi connectivity index (χ2n) is 7.70. The second kappa shape index (κ2) is 8.28. The van der Waals surface area contributed by atoms with Gasteiger partial charge in [-0.25, -0.2) is 0 Å². The molecule has 0 aromatic carbocycles. The molecular formula is C18H32Cl2N4O. The molecule has 1 aliphatic heterocycles. The molecule has 3 atom stereocenters. The SMILES string of the molecule is Cc1nn(C)c(C)c1C1CCCN1C(=O)C1CCCCC1(C)N.Cl.Cl. The fourth-order valence-electron chi connectivity index (χ4n) is 4.57. The number of rotatable bonds is 2. The van der Waals surface area contributed by atoms with Crippen LogP contribution < -0.4 is 5.73 Å². The van der Waals surface area contributed by atoms with E-state index in [1.165, 1.54) is 11.3 Å². The number of likely N-dealkylation sites (tertiary alicyclic amines) is 1. The van der Waals surface area contributed by atoms with Gasteiger partial charge in [0.05, 0.1) is 17.7 Å². The molecule has 3 unspecified atom stereocenters. The summed E-state index contributed by atoms with van der Waals surface area (Å²) in [5.41, 5.74) is 9.58. The average Bonchev–Trinajstić information content (AvgIpc) is 3.03. The molecule has 0 radical (unpaired) electrons. The number of hydrogen-bond acceptors (Lipinski definition) is 3. The Kier molecular flexibility index (Phi) is 7.37. The standard InChI is InChI=1S/C18H30N4O.2ClH/c1-12-16(13(2)21(4)20-12)15-9-7-11-22(15)17(23)14-8-5-6-10-18(14,3)19;;/h14-15H,5-11,19H2,1-4H3;2*1H. The number of nitrogens with two attached hydrogens (primary N) is 1. The van der Waals surface area contributed by atoms with Crippen molar-refractivity contribution in [2.24, 2.45) is 18.7 Å². The Morgan fingerprint density at radius 2 is 1.88 bits per heavy atom. The Bertz CT molecular complexity index is 614. The number of carbonyl (C=O) groups excluding carboxylic acids is 1. The Labute approximate surface area is 163 Å². The fraction of sp³-hybridized carbons (Fsp3) is 0.778. The van der Waals surface area contributed by atoms with E-state index in [0.717, 1.165) is 50.8 Å². The molecule has 25 heavy (non-hydrogen) atoms. The van der Waals surface area contributed by atoms with E-state index in [2.05, 4.69) is 30.8 Å². The molecule has 0 bridgehead atoms. The summed E-state index contributed by atoms with van der Waals surface area (Å²) in [4.78, 5) is 15.3. The Morgan fingerprint density at radius 3 is 2.44 bits per heavy atom. The van der Waals surface area contributed by atoms with E-state index in [-0.39, 0.29) is 48.2 Å². The van der Waals surface area contributed by atoms with Gasteiger partial charge >= 0.3 is 0 Å². The van der Waals surface area contributed by atoms with Gasteiger partial charge in [-0.3, -0.25) is 9.48 Å². The van der Waals surface area contributed by atoms with E-state index in [4.69, 9.17) is 5.73 Å². The molecule has 1 aliphatic carbocycles. The number of amides is 1. The van der Waals surface area contributed by atoms with Gasteiger partial charge in [0.25, 0.3) is 0 Å². The lowest BCUT2D eigenvalue weighted by atomic mass is 9.74. The summed E-state index contributed by atoms with van der Waals surface area (Å²) in [7, 11) is 1.98. The van der Waals surface area contributed by atoms with E-state index in [1.807, 2.05) is 11.7 Å². The molecule has 2 N–H and O–H groups in total. The molecule has 1 aromatic heterocycles. The number of halogens is 2. The summed E-state index contributed by atoms with van der Waals surface area (Å²) in [6, 6.07) is 0.175. The topological polar surface area (TPSA) is 64.2 Å². The van der Waals surface area contributed by atoms with Crippen molar-refractivity contribution in [1.82, 2.24) is 14.7 Å². The first-order chi connectivity index (χ1) is 10.8. The maximum Gasteiger partial charge on any atom is 0.228 e. The summed E-state index contributed by atoms with van der Waals surface area (Å²) >= 11 is 0. The molecule has 7 heteroatoms. The van der Waals surface area contributed by atoms with Gasteiger partial charge in [0, 0.05) is 30.4 Å². The normalized spacial score (nSPS) is 29.1. The van der Waals surface area contributed by atoms with Crippen molar-refractivity contribution in [3.8, 4) is 0 Å². The minimum absolute atomic E-state index is 0. The van der Waals surface area contributed by atoms with Gasteiger partial charge in [-0.1, -0.05) is 12.8 Å². The van der Waals surface area contributed by atoms with Crippen LogP contribution in [-0.4, -0.2) is 32.7 Å². The first-order valence-electron chi connectivity index (χ1n) is 8.92. The zero-order chi connectivity index (χ0) is 16.8. The lowest BCUT2D eigenvalue weighted by molar-refractivity contribution is -0.139. The van der Waals surface area contributed by atoms with Crippen molar-refractivity contribution in [3.05, 3.63) is 17.0 Å². The summed E-state index contributed by atoms with van der Waals surface area (Å²) in [6.07, 6.45) is 6.24. The van der Waals surface area contributed by atoms with Crippen LogP contribution in [0, 0.1) is 19.8 Å². The van der Waals surface area contributed by atoms with E-state index in [9.17, 15) is 4.79 Å². The van der Waals surface area contributed by atoms with Crippen LogP contribution in [0.2, 0.25) is 0 Å². The number of hydrogen-bond donors (Lipinski definition) is 1. The molecule has 1 amide bonds. The third-order valence-electron chi connectivity index (χ3n) is 5.99. The number of aryl methyl sites for hydroxylation is 2. The molecule has 2 fully saturated rings. The lowest BCUT2D eigenvalue weighted by Gasteiger charge is -2.40. The van der Waals surface area contributed by atoms with Gasteiger partial charge < -0.3 is 10.6 Å². The monoisotopic (exact) mass is 390 g/mol. The first-order valence-corrected chi connectivity index (χ1v) is 8.92. The van der Waals surface area contributed by atoms with Gasteiger partial charge in [0.15, 0.2) is 0 Å². The second-order valence-corrected chi connectivity index (χ2v) is 7.70. The minimum Gasteiger partial charge on any atom is -0.335 e. The van der Waals surface area contributed by atoms with Crippen LogP contribution in [0.4, 0.5) is 0 Å². The van der Waals surface area contributed by atoms with Gasteiger partial charge in [-0.05, 0) is 46.5 Å². The van der Waals surface area contributed by atoms with Gasteiger partial charge in [0.2, 0.25) is 5.91 Å². The van der Waals surface area contributed by atoms with Crippen LogP contribution in [0.1, 0.15) is 68.4 Å². The van der Waals surface area contributed by atoms with Crippen molar-refractivity contribution < 1.29 is 4.79 Å². The number of aromatic nitrogens is 2. The van der Waals surface area contributed by atoms with Crippen LogP contribution in [0.5, 0.6) is 0 Å². The van der Waals surface area contributed by atoms with Gasteiger partial charge in [-0.2, -0.15) is 5.10 Å². The van der Waals surface area contributed by atoms with E-state index in [0.29, 0.717) is 0 Å². The molecule has 144 valence electrons. The highest BCUT2D eigenvalue weighted by Crippen LogP contribution is 2.40. The van der Waals surface area contributed by atoms with Crippen molar-refractivity contribution in [2.45, 2.75) is 70.9 Å². The van der Waals surface area contributed by atoms with Crippen molar-refractivity contribution in [2.75, 3.05) is 6.54 Å². The summed E-state index contributed by atoms with van der Waals surface area (Å²) in [5, 5.41) is 4.54. The molecule has 2 aliphatic rings. The number of nitrogens with zero attached hydrogens (tertiary/aromatic N) is 3. The molecule has 1 saturated carbocycles. The van der Waals surface area contributed by atoms with Crippen molar-refractivity contribution in [1.29, 1.82) is 0 Å². The lowest BCUT2D eigenvalue weighted by Crippen LogP contribution is -2.53. The first kappa shape index (κ1) is 22.3. The maximum absolute atomic E-state index is 13.2. The number of carbonyl (C=O) groups is 1. The smallest absolute Gasteiger partial charge is 0.228 e. The molecule has 5 nitrogen and oxygen atoms in total. The van der Waals surface area contributed by atoms with Crippen LogP contribution in [-0.2, 0) is 11.8 Å². The van der Waals surface area contributed by atoms with E-state index >= 15 is 0 Å².